The highest BCUT2D eigenvalue weighted by Gasteiger charge is 2.10. The number of hydrogen-bond donors (Lipinski definition) is 0. The van der Waals surface area contributed by atoms with E-state index in [0.29, 0.717) is 12.8 Å². The van der Waals surface area contributed by atoms with Gasteiger partial charge in [-0.25, -0.2) is 9.37 Å². The predicted molar refractivity (Wildman–Crippen MR) is 101 cm³/mol. The minimum Gasteiger partial charge on any atom is -0.545 e. The average Bonchev–Trinajstić information content (AvgIpc) is 3.14. The minimum atomic E-state index is -1.30. The van der Waals surface area contributed by atoms with Gasteiger partial charge in [0.1, 0.15) is 16.6 Å². The molecule has 6 heteroatoms. The fourth-order valence-electron chi connectivity index (χ4n) is 2.74. The fraction of sp³-hybridized carbons (Fsp3) is 0.143. The van der Waals surface area contributed by atoms with Crippen molar-refractivity contribution >= 4 is 23.1 Å². The number of carboxylic acid groups (broad SMARTS) is 1. The zero-order valence-corrected chi connectivity index (χ0v) is 15.5. The van der Waals surface area contributed by atoms with Crippen molar-refractivity contribution in [2.75, 3.05) is 7.11 Å². The van der Waals surface area contributed by atoms with Crippen molar-refractivity contribution in [2.24, 2.45) is 0 Å². The van der Waals surface area contributed by atoms with Gasteiger partial charge in [-0.05, 0) is 42.7 Å². The third-order valence-electron chi connectivity index (χ3n) is 4.05. The summed E-state index contributed by atoms with van der Waals surface area (Å²) in [6.45, 7) is 0. The van der Waals surface area contributed by atoms with Gasteiger partial charge in [-0.3, -0.25) is 0 Å². The van der Waals surface area contributed by atoms with Gasteiger partial charge in [0.05, 0.1) is 18.8 Å². The van der Waals surface area contributed by atoms with Crippen LogP contribution in [0.2, 0.25) is 0 Å². The van der Waals surface area contributed by atoms with Crippen LogP contribution in [-0.4, -0.2) is 18.1 Å². The van der Waals surface area contributed by atoms with Crippen molar-refractivity contribution in [2.45, 2.75) is 12.8 Å². The van der Waals surface area contributed by atoms with Gasteiger partial charge in [0.15, 0.2) is 0 Å². The number of ether oxygens (including phenoxy) is 1. The summed E-state index contributed by atoms with van der Waals surface area (Å²) in [7, 11) is 1.43. The monoisotopic (exact) mass is 382 g/mol. The summed E-state index contributed by atoms with van der Waals surface area (Å²) in [5, 5.41) is 13.7. The van der Waals surface area contributed by atoms with Crippen LogP contribution < -0.4 is 5.11 Å². The number of aromatic nitrogens is 1. The van der Waals surface area contributed by atoms with E-state index in [0.717, 1.165) is 33.5 Å². The van der Waals surface area contributed by atoms with Crippen LogP contribution >= 0.6 is 11.3 Å². The number of aryl methyl sites for hydroxylation is 2. The maximum atomic E-state index is 13.1. The molecule has 1 heterocycles. The molecule has 0 aliphatic heterocycles. The van der Waals surface area contributed by atoms with Gasteiger partial charge in [0, 0.05) is 22.6 Å². The van der Waals surface area contributed by atoms with Gasteiger partial charge in [-0.2, -0.15) is 0 Å². The van der Waals surface area contributed by atoms with Crippen LogP contribution in [0.5, 0.6) is 0 Å². The molecule has 0 spiro atoms. The van der Waals surface area contributed by atoms with Gasteiger partial charge in [0.2, 0.25) is 0 Å². The number of carboxylic acids is 1. The lowest BCUT2D eigenvalue weighted by atomic mass is 10.0. The molecule has 0 aliphatic carbocycles. The maximum Gasteiger partial charge on any atom is 0.128 e. The standard InChI is InChI=1S/C21H18FNO3S/c1-26-19(12-20(24)25)18-5-3-2-4-14(18)8-11-17-13-27-21(23-17)15-6-9-16(22)10-7-15/h2-7,9-10,12-13H,8,11H2,1H3,(H,24,25)/p-1/b19-12+. The molecule has 4 nitrogen and oxygen atoms in total. The Balaban J connectivity index is 1.76. The van der Waals surface area contributed by atoms with Gasteiger partial charge < -0.3 is 14.6 Å². The first-order chi connectivity index (χ1) is 13.1. The summed E-state index contributed by atoms with van der Waals surface area (Å²) in [6.07, 6.45) is 2.32. The lowest BCUT2D eigenvalue weighted by Crippen LogP contribution is -2.19. The van der Waals surface area contributed by atoms with E-state index in [-0.39, 0.29) is 11.6 Å². The number of carbonyl (C=O) groups is 1. The first-order valence-corrected chi connectivity index (χ1v) is 9.20. The molecule has 0 fully saturated rings. The minimum absolute atomic E-state index is 0.260. The molecule has 0 saturated heterocycles. The Morgan fingerprint density at radius 2 is 1.93 bits per heavy atom. The van der Waals surface area contributed by atoms with Crippen molar-refractivity contribution in [1.82, 2.24) is 4.98 Å². The lowest BCUT2D eigenvalue weighted by Gasteiger charge is -2.12. The number of carbonyl (C=O) groups excluding carboxylic acids is 1. The number of methoxy groups -OCH3 is 1. The maximum absolute atomic E-state index is 13.1. The van der Waals surface area contributed by atoms with Crippen molar-refractivity contribution < 1.29 is 19.0 Å². The Kier molecular flexibility index (Phi) is 5.98. The SMILES string of the molecule is CO/C(=C/C(=O)[O-])c1ccccc1CCc1csc(-c2ccc(F)cc2)n1. The molecular formula is C21H17FNO3S-. The Morgan fingerprint density at radius 3 is 2.63 bits per heavy atom. The Morgan fingerprint density at radius 1 is 1.19 bits per heavy atom. The van der Waals surface area contributed by atoms with E-state index in [1.165, 1.54) is 30.6 Å². The number of nitrogens with zero attached hydrogens (tertiary/aromatic N) is 1. The van der Waals surface area contributed by atoms with Crippen LogP contribution in [0, 0.1) is 5.82 Å². The van der Waals surface area contributed by atoms with Crippen LogP contribution in [0.25, 0.3) is 16.3 Å². The molecule has 3 aromatic rings. The molecule has 0 N–H and O–H groups in total. The van der Waals surface area contributed by atoms with E-state index in [1.54, 1.807) is 12.1 Å². The third-order valence-corrected chi connectivity index (χ3v) is 4.99. The highest BCUT2D eigenvalue weighted by Crippen LogP contribution is 2.26. The topological polar surface area (TPSA) is 62.2 Å². The van der Waals surface area contributed by atoms with E-state index in [2.05, 4.69) is 4.98 Å². The molecule has 0 aliphatic rings. The highest BCUT2D eigenvalue weighted by atomic mass is 32.1. The van der Waals surface area contributed by atoms with Crippen molar-refractivity contribution in [3.05, 3.63) is 82.6 Å². The van der Waals surface area contributed by atoms with Crippen LogP contribution in [0.1, 0.15) is 16.8 Å². The zero-order valence-electron chi connectivity index (χ0n) is 14.6. The van der Waals surface area contributed by atoms with Gasteiger partial charge in [-0.15, -0.1) is 11.3 Å². The molecule has 2 aromatic carbocycles. The van der Waals surface area contributed by atoms with E-state index in [1.807, 2.05) is 29.6 Å². The summed E-state index contributed by atoms with van der Waals surface area (Å²) in [6, 6.07) is 13.7. The molecule has 0 saturated carbocycles. The zero-order chi connectivity index (χ0) is 19.2. The highest BCUT2D eigenvalue weighted by molar-refractivity contribution is 7.13. The first-order valence-electron chi connectivity index (χ1n) is 8.32. The second kappa shape index (κ2) is 8.60. The number of hydrogen-bond acceptors (Lipinski definition) is 5. The third kappa shape index (κ3) is 4.80. The fourth-order valence-corrected chi connectivity index (χ4v) is 3.60. The molecule has 27 heavy (non-hydrogen) atoms. The Hall–Kier alpha value is -2.99. The number of thiazole rings is 1. The van der Waals surface area contributed by atoms with Gasteiger partial charge >= 0.3 is 0 Å². The predicted octanol–water partition coefficient (Wildman–Crippen LogP) is 3.47. The summed E-state index contributed by atoms with van der Waals surface area (Å²) >= 11 is 1.51. The molecule has 0 atom stereocenters. The van der Waals surface area contributed by atoms with Crippen molar-refractivity contribution in [1.29, 1.82) is 0 Å². The van der Waals surface area contributed by atoms with E-state index >= 15 is 0 Å². The average molecular weight is 382 g/mol. The molecule has 0 amide bonds. The second-order valence-electron chi connectivity index (χ2n) is 5.84. The summed E-state index contributed by atoms with van der Waals surface area (Å²) < 4.78 is 18.3. The number of aliphatic carboxylic acids is 1. The largest absolute Gasteiger partial charge is 0.545 e. The van der Waals surface area contributed by atoms with Crippen LogP contribution in [0.4, 0.5) is 4.39 Å². The Labute approximate surface area is 160 Å². The molecule has 0 radical (unpaired) electrons. The van der Waals surface area contributed by atoms with E-state index in [9.17, 15) is 14.3 Å². The summed E-state index contributed by atoms with van der Waals surface area (Å²) in [5.41, 5.74) is 3.49. The smallest absolute Gasteiger partial charge is 0.128 e. The molecule has 0 unspecified atom stereocenters. The Bertz CT molecular complexity index is 964. The number of halogens is 1. The van der Waals surface area contributed by atoms with Crippen LogP contribution in [0.3, 0.4) is 0 Å². The molecule has 0 bridgehead atoms. The molecule has 3 rings (SSSR count). The van der Waals surface area contributed by atoms with Gasteiger partial charge in [0.25, 0.3) is 0 Å². The number of benzene rings is 2. The second-order valence-corrected chi connectivity index (χ2v) is 6.70. The summed E-state index contributed by atoms with van der Waals surface area (Å²) in [5.74, 6) is -1.31. The molecular weight excluding hydrogens is 365 g/mol. The van der Waals surface area contributed by atoms with E-state index in [4.69, 9.17) is 4.74 Å². The van der Waals surface area contributed by atoms with Crippen LogP contribution in [-0.2, 0) is 22.4 Å². The lowest BCUT2D eigenvalue weighted by molar-refractivity contribution is -0.297. The first kappa shape index (κ1) is 18.8. The van der Waals surface area contributed by atoms with E-state index < -0.39 is 5.97 Å². The normalized spacial score (nSPS) is 11.4. The molecule has 1 aromatic heterocycles. The summed E-state index contributed by atoms with van der Waals surface area (Å²) in [4.78, 5) is 15.5. The molecule has 138 valence electrons. The van der Waals surface area contributed by atoms with Crippen molar-refractivity contribution in [3.63, 3.8) is 0 Å². The van der Waals surface area contributed by atoms with Gasteiger partial charge in [-0.1, -0.05) is 24.3 Å². The van der Waals surface area contributed by atoms with Crippen molar-refractivity contribution in [3.8, 4) is 10.6 Å². The number of rotatable bonds is 7. The quantitative estimate of drug-likeness (QED) is 0.464. The van der Waals surface area contributed by atoms with Crippen LogP contribution in [0.15, 0.2) is 60.0 Å².